The van der Waals surface area contributed by atoms with E-state index < -0.39 is 16.2 Å². The van der Waals surface area contributed by atoms with Crippen molar-refractivity contribution < 1.29 is 4.92 Å². The fourth-order valence-electron chi connectivity index (χ4n) is 1.43. The van der Waals surface area contributed by atoms with Crippen LogP contribution in [0.4, 0.5) is 5.69 Å². The number of halogens is 2. The highest BCUT2D eigenvalue weighted by Crippen LogP contribution is 2.14. The standard InChI is InChI=1S/C10H12BrClN2O3/c11-8-6-9(14(16)17)10(15)13(7-8)5-3-1-2-4-12/h6-7H,1-5H2. The molecular weight excluding hydrogens is 311 g/mol. The van der Waals surface area contributed by atoms with E-state index in [-0.39, 0.29) is 0 Å². The third kappa shape index (κ3) is 4.12. The average molecular weight is 324 g/mol. The van der Waals surface area contributed by atoms with E-state index in [1.54, 1.807) is 6.20 Å². The molecule has 7 heteroatoms. The monoisotopic (exact) mass is 322 g/mol. The van der Waals surface area contributed by atoms with Crippen molar-refractivity contribution in [1.82, 2.24) is 4.57 Å². The van der Waals surface area contributed by atoms with Crippen molar-refractivity contribution in [2.75, 3.05) is 5.88 Å². The van der Waals surface area contributed by atoms with Crippen molar-refractivity contribution in [2.45, 2.75) is 25.8 Å². The summed E-state index contributed by atoms with van der Waals surface area (Å²) >= 11 is 8.69. The second kappa shape index (κ2) is 6.76. The number of rotatable bonds is 6. The van der Waals surface area contributed by atoms with Gasteiger partial charge in [-0.15, -0.1) is 11.6 Å². The van der Waals surface area contributed by atoms with E-state index in [4.69, 9.17) is 11.6 Å². The van der Waals surface area contributed by atoms with Gasteiger partial charge in [-0.2, -0.15) is 0 Å². The topological polar surface area (TPSA) is 65.1 Å². The van der Waals surface area contributed by atoms with Gasteiger partial charge in [-0.3, -0.25) is 14.9 Å². The van der Waals surface area contributed by atoms with Gasteiger partial charge in [0.2, 0.25) is 0 Å². The molecule has 0 spiro atoms. The van der Waals surface area contributed by atoms with Crippen LogP contribution in [0.1, 0.15) is 19.3 Å². The van der Waals surface area contributed by atoms with Crippen LogP contribution in [0.3, 0.4) is 0 Å². The fourth-order valence-corrected chi connectivity index (χ4v) is 2.09. The van der Waals surface area contributed by atoms with Gasteiger partial charge in [-0.1, -0.05) is 6.42 Å². The number of nitrogens with zero attached hydrogens (tertiary/aromatic N) is 2. The molecule has 1 aromatic heterocycles. The first-order valence-electron chi connectivity index (χ1n) is 5.16. The predicted octanol–water partition coefficient (Wildman–Crippen LogP) is 2.93. The Morgan fingerprint density at radius 3 is 2.71 bits per heavy atom. The van der Waals surface area contributed by atoms with Crippen LogP contribution >= 0.6 is 27.5 Å². The van der Waals surface area contributed by atoms with Crippen molar-refractivity contribution in [2.24, 2.45) is 0 Å². The fraction of sp³-hybridized carbons (Fsp3) is 0.500. The molecule has 0 aliphatic rings. The molecule has 5 nitrogen and oxygen atoms in total. The summed E-state index contributed by atoms with van der Waals surface area (Å²) in [5, 5.41) is 10.7. The molecule has 0 aromatic carbocycles. The van der Waals surface area contributed by atoms with Crippen LogP contribution in [0.15, 0.2) is 21.5 Å². The molecule has 0 aliphatic heterocycles. The number of unbranched alkanes of at least 4 members (excludes halogenated alkanes) is 2. The van der Waals surface area contributed by atoms with Gasteiger partial charge in [0, 0.05) is 29.2 Å². The average Bonchev–Trinajstić information content (AvgIpc) is 2.28. The normalized spacial score (nSPS) is 10.5. The van der Waals surface area contributed by atoms with Crippen LogP contribution in [0.5, 0.6) is 0 Å². The van der Waals surface area contributed by atoms with Gasteiger partial charge in [0.25, 0.3) is 0 Å². The maximum Gasteiger partial charge on any atom is 0.335 e. The van der Waals surface area contributed by atoms with Crippen LogP contribution in [0.25, 0.3) is 0 Å². The Kier molecular flexibility index (Phi) is 5.64. The van der Waals surface area contributed by atoms with Crippen molar-refractivity contribution >= 4 is 33.2 Å². The second-order valence-corrected chi connectivity index (χ2v) is 4.84. The lowest BCUT2D eigenvalue weighted by atomic mass is 10.2. The quantitative estimate of drug-likeness (QED) is 0.350. The zero-order valence-corrected chi connectivity index (χ0v) is 11.4. The highest BCUT2D eigenvalue weighted by atomic mass is 79.9. The third-order valence-corrected chi connectivity index (χ3v) is 2.96. The first-order valence-corrected chi connectivity index (χ1v) is 6.49. The summed E-state index contributed by atoms with van der Waals surface area (Å²) in [6.45, 7) is 0.468. The van der Waals surface area contributed by atoms with Gasteiger partial charge in [0.15, 0.2) is 0 Å². The molecular formula is C10H12BrClN2O3. The number of nitro groups is 1. The van der Waals surface area contributed by atoms with Gasteiger partial charge in [0.1, 0.15) is 0 Å². The predicted molar refractivity (Wildman–Crippen MR) is 69.6 cm³/mol. The molecule has 1 aromatic rings. The Labute approximate surface area is 112 Å². The van der Waals surface area contributed by atoms with Gasteiger partial charge >= 0.3 is 11.2 Å². The number of pyridine rings is 1. The number of alkyl halides is 1. The first-order chi connectivity index (χ1) is 8.06. The molecule has 0 aliphatic carbocycles. The lowest BCUT2D eigenvalue weighted by molar-refractivity contribution is -0.386. The van der Waals surface area contributed by atoms with Crippen LogP contribution in [-0.4, -0.2) is 15.4 Å². The Morgan fingerprint density at radius 1 is 1.41 bits per heavy atom. The highest BCUT2D eigenvalue weighted by Gasteiger charge is 2.15. The smallest absolute Gasteiger partial charge is 0.309 e. The van der Waals surface area contributed by atoms with Gasteiger partial charge in [-0.25, -0.2) is 0 Å². The molecule has 1 rings (SSSR count). The summed E-state index contributed by atoms with van der Waals surface area (Å²) < 4.78 is 1.89. The van der Waals surface area contributed by atoms with Crippen molar-refractivity contribution in [1.29, 1.82) is 0 Å². The molecule has 0 saturated carbocycles. The summed E-state index contributed by atoms with van der Waals surface area (Å²) in [5.41, 5.74) is -0.971. The van der Waals surface area contributed by atoms with Crippen LogP contribution in [0.2, 0.25) is 0 Å². The van der Waals surface area contributed by atoms with E-state index in [1.807, 2.05) is 0 Å². The van der Waals surface area contributed by atoms with Crippen LogP contribution < -0.4 is 5.56 Å². The minimum absolute atomic E-state index is 0.406. The zero-order chi connectivity index (χ0) is 12.8. The van der Waals surface area contributed by atoms with Gasteiger partial charge < -0.3 is 4.57 Å². The number of aryl methyl sites for hydroxylation is 1. The van der Waals surface area contributed by atoms with E-state index in [0.29, 0.717) is 16.9 Å². The second-order valence-electron chi connectivity index (χ2n) is 3.55. The Hall–Kier alpha value is -0.880. The lowest BCUT2D eigenvalue weighted by Gasteiger charge is -2.05. The molecule has 0 radical (unpaired) electrons. The Bertz CT molecular complexity index is 461. The molecule has 0 atom stereocenters. The number of hydrogen-bond donors (Lipinski definition) is 0. The van der Waals surface area contributed by atoms with E-state index in [0.717, 1.165) is 19.3 Å². The zero-order valence-electron chi connectivity index (χ0n) is 9.07. The molecule has 1 heterocycles. The lowest BCUT2D eigenvalue weighted by Crippen LogP contribution is -2.22. The summed E-state index contributed by atoms with van der Waals surface area (Å²) in [6, 6.07) is 1.22. The summed E-state index contributed by atoms with van der Waals surface area (Å²) in [6.07, 6.45) is 4.12. The largest absolute Gasteiger partial charge is 0.335 e. The Morgan fingerprint density at radius 2 is 2.12 bits per heavy atom. The molecule has 0 saturated heterocycles. The van der Waals surface area contributed by atoms with E-state index in [2.05, 4.69) is 15.9 Å². The van der Waals surface area contributed by atoms with Gasteiger partial charge in [0.05, 0.1) is 4.92 Å². The Balaban J connectivity index is 2.85. The first kappa shape index (κ1) is 14.2. The maximum absolute atomic E-state index is 11.7. The van der Waals surface area contributed by atoms with E-state index >= 15 is 0 Å². The molecule has 0 bridgehead atoms. The van der Waals surface area contributed by atoms with Crippen LogP contribution in [-0.2, 0) is 6.54 Å². The number of aromatic nitrogens is 1. The summed E-state index contributed by atoms with van der Waals surface area (Å²) in [5.74, 6) is 0.591. The summed E-state index contributed by atoms with van der Waals surface area (Å²) in [7, 11) is 0. The third-order valence-electron chi connectivity index (χ3n) is 2.26. The molecule has 0 unspecified atom stereocenters. The van der Waals surface area contributed by atoms with Gasteiger partial charge in [-0.05, 0) is 28.8 Å². The molecule has 94 valence electrons. The van der Waals surface area contributed by atoms with E-state index in [1.165, 1.54) is 10.6 Å². The molecule has 0 fully saturated rings. The maximum atomic E-state index is 11.7. The van der Waals surface area contributed by atoms with Crippen molar-refractivity contribution in [3.05, 3.63) is 37.2 Å². The van der Waals surface area contributed by atoms with E-state index in [9.17, 15) is 14.9 Å². The molecule has 0 amide bonds. The number of hydrogen-bond acceptors (Lipinski definition) is 3. The molecule has 0 N–H and O–H groups in total. The van der Waals surface area contributed by atoms with Crippen molar-refractivity contribution in [3.8, 4) is 0 Å². The minimum Gasteiger partial charge on any atom is -0.309 e. The highest BCUT2D eigenvalue weighted by molar-refractivity contribution is 9.10. The van der Waals surface area contributed by atoms with Crippen molar-refractivity contribution in [3.63, 3.8) is 0 Å². The SMILES string of the molecule is O=c1c([N+](=O)[O-])cc(Br)cn1CCCCCCl. The van der Waals surface area contributed by atoms with Crippen LogP contribution in [0, 0.1) is 10.1 Å². The minimum atomic E-state index is -0.664. The summed E-state index contributed by atoms with van der Waals surface area (Å²) in [4.78, 5) is 21.7. The molecule has 17 heavy (non-hydrogen) atoms.